The Hall–Kier alpha value is -1.58. The molecule has 0 fully saturated rings. The van der Waals surface area contributed by atoms with Gasteiger partial charge in [-0.25, -0.2) is 4.98 Å². The third-order valence-corrected chi connectivity index (χ3v) is 4.02. The van der Waals surface area contributed by atoms with Crippen LogP contribution in [0.2, 0.25) is 5.02 Å². The van der Waals surface area contributed by atoms with Gasteiger partial charge in [-0.1, -0.05) is 23.8 Å². The summed E-state index contributed by atoms with van der Waals surface area (Å²) in [6.45, 7) is 2.01. The summed E-state index contributed by atoms with van der Waals surface area (Å²) in [6, 6.07) is 3.87. The van der Waals surface area contributed by atoms with Gasteiger partial charge in [0.1, 0.15) is 0 Å². The highest BCUT2D eigenvalue weighted by Crippen LogP contribution is 2.34. The first-order valence-corrected chi connectivity index (χ1v) is 6.81. The number of nitrogens with zero attached hydrogens (tertiary/aromatic N) is 1. The molecule has 0 amide bonds. The Labute approximate surface area is 114 Å². The molecule has 4 heteroatoms. The van der Waals surface area contributed by atoms with Crippen molar-refractivity contribution in [2.24, 2.45) is 0 Å². The minimum absolute atomic E-state index is 0.744. The van der Waals surface area contributed by atoms with Gasteiger partial charge >= 0.3 is 0 Å². The fourth-order valence-electron chi connectivity index (χ4n) is 1.94. The summed E-state index contributed by atoms with van der Waals surface area (Å²) in [4.78, 5) is 4.50. The Morgan fingerprint density at radius 1 is 1.22 bits per heavy atom. The molecule has 1 N–H and O–H groups in total. The van der Waals surface area contributed by atoms with Crippen molar-refractivity contribution in [3.8, 4) is 0 Å². The van der Waals surface area contributed by atoms with Gasteiger partial charge in [0.2, 0.25) is 0 Å². The minimum atomic E-state index is 0.744. The lowest BCUT2D eigenvalue weighted by molar-refractivity contribution is 1.23. The molecule has 0 radical (unpaired) electrons. The van der Waals surface area contributed by atoms with Crippen molar-refractivity contribution in [1.29, 1.82) is 0 Å². The number of allylic oxidation sites excluding steroid dienone is 4. The van der Waals surface area contributed by atoms with Crippen LogP contribution >= 0.6 is 22.9 Å². The van der Waals surface area contributed by atoms with Crippen LogP contribution in [0.25, 0.3) is 15.9 Å². The van der Waals surface area contributed by atoms with Crippen molar-refractivity contribution < 1.29 is 0 Å². The van der Waals surface area contributed by atoms with Crippen LogP contribution < -0.4 is 5.32 Å². The zero-order valence-corrected chi connectivity index (χ0v) is 11.3. The lowest BCUT2D eigenvalue weighted by Crippen LogP contribution is -2.03. The molecule has 18 heavy (non-hydrogen) atoms. The highest BCUT2D eigenvalue weighted by atomic mass is 35.5. The maximum absolute atomic E-state index is 6.35. The van der Waals surface area contributed by atoms with Crippen molar-refractivity contribution in [3.63, 3.8) is 0 Å². The summed E-state index contributed by atoms with van der Waals surface area (Å²) in [7, 11) is 0. The van der Waals surface area contributed by atoms with E-state index < -0.39 is 0 Å². The Balaban J connectivity index is 2.27. The Kier molecular flexibility index (Phi) is 2.94. The Morgan fingerprint density at radius 3 is 3.00 bits per heavy atom. The number of nitrogens with one attached hydrogen (secondary N) is 1. The normalized spacial score (nSPS) is 14.4. The molecule has 1 aliphatic heterocycles. The van der Waals surface area contributed by atoms with E-state index in [4.69, 9.17) is 11.6 Å². The van der Waals surface area contributed by atoms with Crippen LogP contribution in [0.1, 0.15) is 10.6 Å². The molecule has 1 aromatic carbocycles. The van der Waals surface area contributed by atoms with Crippen LogP contribution in [-0.4, -0.2) is 4.98 Å². The van der Waals surface area contributed by atoms with Crippen molar-refractivity contribution in [2.45, 2.75) is 6.92 Å². The smallest absolute Gasteiger partial charge is 0.0908 e. The molecule has 2 heterocycles. The van der Waals surface area contributed by atoms with E-state index in [-0.39, 0.29) is 0 Å². The van der Waals surface area contributed by atoms with Gasteiger partial charge in [0.25, 0.3) is 0 Å². The lowest BCUT2D eigenvalue weighted by atomic mass is 10.1. The number of aryl methyl sites for hydroxylation is 1. The Bertz CT molecular complexity index is 695. The molecule has 0 bridgehead atoms. The summed E-state index contributed by atoms with van der Waals surface area (Å²) in [6.07, 6.45) is 9.85. The maximum Gasteiger partial charge on any atom is 0.0908 e. The highest BCUT2D eigenvalue weighted by molar-refractivity contribution is 7.18. The van der Waals surface area contributed by atoms with E-state index in [1.807, 2.05) is 49.6 Å². The van der Waals surface area contributed by atoms with E-state index in [9.17, 15) is 0 Å². The van der Waals surface area contributed by atoms with E-state index in [2.05, 4.69) is 10.3 Å². The molecule has 90 valence electrons. The fourth-order valence-corrected chi connectivity index (χ4v) is 3.24. The van der Waals surface area contributed by atoms with Crippen LogP contribution in [0.5, 0.6) is 0 Å². The van der Waals surface area contributed by atoms with E-state index in [0.717, 1.165) is 31.5 Å². The largest absolute Gasteiger partial charge is 0.361 e. The third-order valence-electron chi connectivity index (χ3n) is 2.70. The summed E-state index contributed by atoms with van der Waals surface area (Å²) in [5, 5.41) is 5.05. The lowest BCUT2D eigenvalue weighted by Gasteiger charge is -2.09. The number of thiazole rings is 1. The quantitative estimate of drug-likeness (QED) is 0.840. The topological polar surface area (TPSA) is 24.9 Å². The summed E-state index contributed by atoms with van der Waals surface area (Å²) in [5.41, 5.74) is 3.02. The first-order chi connectivity index (χ1) is 8.75. The molecule has 2 aromatic rings. The van der Waals surface area contributed by atoms with Crippen molar-refractivity contribution in [2.75, 3.05) is 0 Å². The number of rotatable bonds is 1. The van der Waals surface area contributed by atoms with E-state index in [1.54, 1.807) is 11.3 Å². The van der Waals surface area contributed by atoms with Crippen LogP contribution in [0, 0.1) is 6.92 Å². The molecule has 0 saturated carbocycles. The molecule has 0 atom stereocenters. The van der Waals surface area contributed by atoms with E-state index >= 15 is 0 Å². The average Bonchev–Trinajstić information content (AvgIpc) is 2.57. The van der Waals surface area contributed by atoms with E-state index in [0.29, 0.717) is 0 Å². The summed E-state index contributed by atoms with van der Waals surface area (Å²) in [5.74, 6) is 0. The number of fused-ring (bicyclic) bond motifs is 1. The first kappa shape index (κ1) is 11.5. The average molecular weight is 275 g/mol. The number of benzene rings is 1. The maximum atomic E-state index is 6.35. The number of hydrogen-bond donors (Lipinski definition) is 1. The first-order valence-electron chi connectivity index (χ1n) is 5.62. The van der Waals surface area contributed by atoms with Crippen molar-refractivity contribution >= 4 is 38.9 Å². The standard InChI is InChI=1S/C14H11ClN2S/c1-9-17-12-7-6-10(15)13(14(12)18-9)11-5-3-2-4-8-16-11/h2-8,16H,1H3. The van der Waals surface area contributed by atoms with Gasteiger partial charge in [0, 0.05) is 17.5 Å². The van der Waals surface area contributed by atoms with E-state index in [1.165, 1.54) is 0 Å². The van der Waals surface area contributed by atoms with Crippen LogP contribution in [0.4, 0.5) is 0 Å². The highest BCUT2D eigenvalue weighted by Gasteiger charge is 2.13. The van der Waals surface area contributed by atoms with Crippen LogP contribution in [0.3, 0.4) is 0 Å². The minimum Gasteiger partial charge on any atom is -0.361 e. The SMILES string of the molecule is Cc1nc2ccc(Cl)c(C3=CC=CC=CN3)c2s1. The second-order valence-corrected chi connectivity index (χ2v) is 5.58. The molecule has 2 nitrogen and oxygen atoms in total. The molecule has 0 unspecified atom stereocenters. The molecular formula is C14H11ClN2S. The van der Waals surface area contributed by atoms with Gasteiger partial charge in [-0.2, -0.15) is 0 Å². The zero-order valence-electron chi connectivity index (χ0n) is 9.77. The van der Waals surface area contributed by atoms with Gasteiger partial charge in [-0.15, -0.1) is 11.3 Å². The second kappa shape index (κ2) is 4.59. The number of aromatic nitrogens is 1. The Morgan fingerprint density at radius 2 is 2.11 bits per heavy atom. The monoisotopic (exact) mass is 274 g/mol. The molecule has 0 spiro atoms. The van der Waals surface area contributed by atoms with Crippen molar-refractivity contribution in [3.05, 3.63) is 58.2 Å². The summed E-state index contributed by atoms with van der Waals surface area (Å²) >= 11 is 8.02. The molecule has 0 aliphatic carbocycles. The van der Waals surface area contributed by atoms with Gasteiger partial charge in [0.05, 0.1) is 20.2 Å². The van der Waals surface area contributed by atoms with Gasteiger partial charge in [0.15, 0.2) is 0 Å². The van der Waals surface area contributed by atoms with Gasteiger partial charge in [-0.3, -0.25) is 0 Å². The van der Waals surface area contributed by atoms with Crippen LogP contribution in [0.15, 0.2) is 42.6 Å². The predicted molar refractivity (Wildman–Crippen MR) is 78.8 cm³/mol. The summed E-state index contributed by atoms with van der Waals surface area (Å²) < 4.78 is 1.13. The third kappa shape index (κ3) is 1.96. The molecular weight excluding hydrogens is 264 g/mol. The van der Waals surface area contributed by atoms with Crippen LogP contribution in [-0.2, 0) is 0 Å². The zero-order chi connectivity index (χ0) is 12.5. The molecule has 1 aromatic heterocycles. The fraction of sp³-hybridized carbons (Fsp3) is 0.0714. The number of hydrogen-bond acceptors (Lipinski definition) is 3. The molecule has 1 aliphatic rings. The van der Waals surface area contributed by atoms with Gasteiger partial charge < -0.3 is 5.32 Å². The molecule has 3 rings (SSSR count). The van der Waals surface area contributed by atoms with Gasteiger partial charge in [-0.05, 0) is 31.2 Å². The molecule has 0 saturated heterocycles. The number of halogens is 1. The second-order valence-electron chi connectivity index (χ2n) is 3.97. The van der Waals surface area contributed by atoms with Crippen molar-refractivity contribution in [1.82, 2.24) is 10.3 Å². The predicted octanol–water partition coefficient (Wildman–Crippen LogP) is 4.27.